The number of carbonyl (C=O) groups is 1. The van der Waals surface area contributed by atoms with E-state index in [4.69, 9.17) is 9.15 Å². The summed E-state index contributed by atoms with van der Waals surface area (Å²) >= 11 is 0. The third-order valence-corrected chi connectivity index (χ3v) is 6.03. The lowest BCUT2D eigenvalue weighted by atomic mass is 9.90. The first-order chi connectivity index (χ1) is 15.7. The fraction of sp³-hybridized carbons (Fsp3) is 0.148. The molecule has 1 atom stereocenters. The molecule has 0 radical (unpaired) electrons. The second kappa shape index (κ2) is 8.27. The molecular formula is C27H24N2O3. The van der Waals surface area contributed by atoms with Gasteiger partial charge in [0, 0.05) is 40.5 Å². The van der Waals surface area contributed by atoms with Crippen molar-refractivity contribution >= 4 is 27.8 Å². The molecule has 3 aromatic carbocycles. The number of aromatic nitrogens is 1. The van der Waals surface area contributed by atoms with Gasteiger partial charge in [-0.1, -0.05) is 48.5 Å². The lowest BCUT2D eigenvalue weighted by molar-refractivity contribution is 0.0926. The second-order valence-corrected chi connectivity index (χ2v) is 7.88. The quantitative estimate of drug-likeness (QED) is 0.362. The van der Waals surface area contributed by atoms with Crippen molar-refractivity contribution in [3.8, 4) is 5.75 Å². The van der Waals surface area contributed by atoms with E-state index >= 15 is 0 Å². The maximum atomic E-state index is 13.1. The Morgan fingerprint density at radius 1 is 1.00 bits per heavy atom. The minimum atomic E-state index is -0.211. The van der Waals surface area contributed by atoms with E-state index in [9.17, 15) is 4.79 Å². The van der Waals surface area contributed by atoms with Crippen molar-refractivity contribution in [2.45, 2.75) is 12.8 Å². The van der Waals surface area contributed by atoms with Crippen LogP contribution in [0.5, 0.6) is 5.75 Å². The number of hydrogen-bond donors (Lipinski definition) is 2. The number of aromatic amines is 1. The van der Waals surface area contributed by atoms with Crippen LogP contribution in [0.3, 0.4) is 0 Å². The van der Waals surface area contributed by atoms with Crippen molar-refractivity contribution in [3.63, 3.8) is 0 Å². The standard InChI is InChI=1S/C27H24N2O3/c1-17-20-7-4-6-10-25(20)32-26(17)27(30)29-15-22(18-11-13-19(31-2)14-12-18)23-16-28-24-9-5-3-8-21(23)24/h3-14,16,22,28H,15H2,1-2H3,(H,29,30)/t22-/m1/s1. The fourth-order valence-corrected chi connectivity index (χ4v) is 4.29. The Balaban J connectivity index is 1.47. The van der Waals surface area contributed by atoms with Crippen molar-refractivity contribution in [1.82, 2.24) is 10.3 Å². The Morgan fingerprint density at radius 2 is 1.72 bits per heavy atom. The van der Waals surface area contributed by atoms with Gasteiger partial charge in [0.2, 0.25) is 0 Å². The van der Waals surface area contributed by atoms with Crippen LogP contribution < -0.4 is 10.1 Å². The molecule has 2 aromatic heterocycles. The highest BCUT2D eigenvalue weighted by molar-refractivity contribution is 5.99. The molecule has 0 bridgehead atoms. The summed E-state index contributed by atoms with van der Waals surface area (Å²) in [5, 5.41) is 5.20. The smallest absolute Gasteiger partial charge is 0.287 e. The van der Waals surface area contributed by atoms with Crippen LogP contribution in [-0.2, 0) is 0 Å². The molecule has 0 aliphatic heterocycles. The normalized spacial score (nSPS) is 12.2. The summed E-state index contributed by atoms with van der Waals surface area (Å²) in [5.74, 6) is 0.912. The Labute approximate surface area is 186 Å². The van der Waals surface area contributed by atoms with E-state index in [1.807, 2.05) is 73.8 Å². The van der Waals surface area contributed by atoms with Gasteiger partial charge in [-0.05, 0) is 42.3 Å². The molecule has 0 aliphatic rings. The molecule has 2 N–H and O–H groups in total. The summed E-state index contributed by atoms with van der Waals surface area (Å²) in [4.78, 5) is 16.4. The van der Waals surface area contributed by atoms with Crippen LogP contribution in [0.4, 0.5) is 0 Å². The number of amides is 1. The predicted octanol–water partition coefficient (Wildman–Crippen LogP) is 5.79. The molecule has 5 nitrogen and oxygen atoms in total. The van der Waals surface area contributed by atoms with Crippen LogP contribution in [0.15, 0.2) is 83.4 Å². The number of hydrogen-bond acceptors (Lipinski definition) is 3. The second-order valence-electron chi connectivity index (χ2n) is 7.88. The summed E-state index contributed by atoms with van der Waals surface area (Å²) in [5.41, 5.74) is 4.87. The van der Waals surface area contributed by atoms with Crippen molar-refractivity contribution < 1.29 is 13.9 Å². The van der Waals surface area contributed by atoms with E-state index in [-0.39, 0.29) is 11.8 Å². The summed E-state index contributed by atoms with van der Waals surface area (Å²) in [7, 11) is 1.65. The number of benzene rings is 3. The molecule has 5 aromatic rings. The van der Waals surface area contributed by atoms with Crippen molar-refractivity contribution in [3.05, 3.63) is 101 Å². The van der Waals surface area contributed by atoms with Crippen molar-refractivity contribution in [2.75, 3.05) is 13.7 Å². The molecule has 5 heteroatoms. The monoisotopic (exact) mass is 424 g/mol. The molecule has 0 aliphatic carbocycles. The largest absolute Gasteiger partial charge is 0.497 e. The predicted molar refractivity (Wildman–Crippen MR) is 126 cm³/mol. The maximum Gasteiger partial charge on any atom is 0.287 e. The third-order valence-electron chi connectivity index (χ3n) is 6.03. The van der Waals surface area contributed by atoms with Gasteiger partial charge in [0.25, 0.3) is 5.91 Å². The molecule has 1 amide bonds. The van der Waals surface area contributed by atoms with E-state index < -0.39 is 0 Å². The topological polar surface area (TPSA) is 67.3 Å². The van der Waals surface area contributed by atoms with Crippen LogP contribution in [0.2, 0.25) is 0 Å². The van der Waals surface area contributed by atoms with Crippen LogP contribution >= 0.6 is 0 Å². The fourth-order valence-electron chi connectivity index (χ4n) is 4.29. The van der Waals surface area contributed by atoms with Gasteiger partial charge in [-0.25, -0.2) is 0 Å². The zero-order chi connectivity index (χ0) is 22.1. The molecule has 32 heavy (non-hydrogen) atoms. The van der Waals surface area contributed by atoms with E-state index in [2.05, 4.69) is 22.4 Å². The van der Waals surface area contributed by atoms with Gasteiger partial charge in [-0.2, -0.15) is 0 Å². The van der Waals surface area contributed by atoms with Gasteiger partial charge in [-0.3, -0.25) is 4.79 Å². The highest BCUT2D eigenvalue weighted by Gasteiger charge is 2.22. The van der Waals surface area contributed by atoms with Gasteiger partial charge >= 0.3 is 0 Å². The average molecular weight is 425 g/mol. The maximum absolute atomic E-state index is 13.1. The molecule has 2 heterocycles. The number of methoxy groups -OCH3 is 1. The number of nitrogens with one attached hydrogen (secondary N) is 2. The zero-order valence-electron chi connectivity index (χ0n) is 18.0. The van der Waals surface area contributed by atoms with Gasteiger partial charge in [0.05, 0.1) is 7.11 Å². The van der Waals surface area contributed by atoms with E-state index in [1.54, 1.807) is 7.11 Å². The molecular weight excluding hydrogens is 400 g/mol. The van der Waals surface area contributed by atoms with Gasteiger partial charge in [0.15, 0.2) is 5.76 Å². The number of aryl methyl sites for hydroxylation is 1. The number of rotatable bonds is 6. The number of para-hydroxylation sites is 2. The number of carbonyl (C=O) groups excluding carboxylic acids is 1. The Hall–Kier alpha value is -3.99. The average Bonchev–Trinajstić information content (AvgIpc) is 3.41. The highest BCUT2D eigenvalue weighted by atomic mass is 16.5. The van der Waals surface area contributed by atoms with Crippen molar-refractivity contribution in [1.29, 1.82) is 0 Å². The van der Waals surface area contributed by atoms with Crippen LogP contribution in [0.25, 0.3) is 21.9 Å². The number of ether oxygens (including phenoxy) is 1. The Bertz CT molecular complexity index is 1400. The summed E-state index contributed by atoms with van der Waals surface area (Å²) in [6.07, 6.45) is 2.03. The minimum Gasteiger partial charge on any atom is -0.497 e. The lowest BCUT2D eigenvalue weighted by Gasteiger charge is -2.18. The summed E-state index contributed by atoms with van der Waals surface area (Å²) in [6, 6.07) is 23.9. The molecule has 0 fully saturated rings. The third kappa shape index (κ3) is 3.52. The van der Waals surface area contributed by atoms with Crippen LogP contribution in [0, 0.1) is 6.92 Å². The number of H-pyrrole nitrogens is 1. The Morgan fingerprint density at radius 3 is 2.47 bits per heavy atom. The number of fused-ring (bicyclic) bond motifs is 2. The Kier molecular flexibility index (Phi) is 5.15. The zero-order valence-corrected chi connectivity index (χ0v) is 18.0. The first-order valence-electron chi connectivity index (χ1n) is 10.6. The highest BCUT2D eigenvalue weighted by Crippen LogP contribution is 2.32. The first kappa shape index (κ1) is 19.9. The molecule has 0 unspecified atom stereocenters. The molecule has 0 spiro atoms. The van der Waals surface area contributed by atoms with Crippen LogP contribution in [0.1, 0.15) is 33.2 Å². The van der Waals surface area contributed by atoms with Gasteiger partial charge < -0.3 is 19.5 Å². The van der Waals surface area contributed by atoms with Crippen molar-refractivity contribution in [2.24, 2.45) is 0 Å². The lowest BCUT2D eigenvalue weighted by Crippen LogP contribution is -2.29. The molecule has 0 saturated carbocycles. The minimum absolute atomic E-state index is 0.0364. The number of furan rings is 1. The van der Waals surface area contributed by atoms with E-state index in [1.165, 1.54) is 0 Å². The summed E-state index contributed by atoms with van der Waals surface area (Å²) < 4.78 is 11.2. The molecule has 160 valence electrons. The van der Waals surface area contributed by atoms with Gasteiger partial charge in [0.1, 0.15) is 11.3 Å². The molecule has 0 saturated heterocycles. The first-order valence-corrected chi connectivity index (χ1v) is 10.6. The van der Waals surface area contributed by atoms with E-state index in [0.29, 0.717) is 12.3 Å². The van der Waals surface area contributed by atoms with E-state index in [0.717, 1.165) is 44.3 Å². The summed E-state index contributed by atoms with van der Waals surface area (Å²) in [6.45, 7) is 2.35. The SMILES string of the molecule is COc1ccc([C@@H](CNC(=O)c2oc3ccccc3c2C)c2c[nH]c3ccccc23)cc1. The van der Waals surface area contributed by atoms with Crippen LogP contribution in [-0.4, -0.2) is 24.5 Å². The molecule has 5 rings (SSSR count). The van der Waals surface area contributed by atoms with Gasteiger partial charge in [-0.15, -0.1) is 0 Å².